The largest absolute Gasteiger partial charge is 0.444 e. The fraction of sp³-hybridized carbons (Fsp3) is 0.417. The second-order valence-corrected chi connectivity index (χ2v) is 9.64. The molecule has 0 radical (unpaired) electrons. The molecule has 4 N–H and O–H groups in total. The Kier molecular flexibility index (Phi) is 6.07. The van der Waals surface area contributed by atoms with Gasteiger partial charge >= 0.3 is 6.09 Å². The molecule has 10 nitrogen and oxygen atoms in total. The Morgan fingerprint density at radius 1 is 1.18 bits per heavy atom. The van der Waals surface area contributed by atoms with Crippen molar-refractivity contribution in [1.29, 1.82) is 0 Å². The third-order valence-corrected chi connectivity index (χ3v) is 5.84. The van der Waals surface area contributed by atoms with Gasteiger partial charge in [0.1, 0.15) is 11.4 Å². The first-order valence-corrected chi connectivity index (χ1v) is 11.3. The summed E-state index contributed by atoms with van der Waals surface area (Å²) < 4.78 is 6.70. The van der Waals surface area contributed by atoms with E-state index in [1.54, 1.807) is 17.0 Å². The minimum absolute atomic E-state index is 0.00468. The molecule has 4 rings (SSSR count). The number of imide groups is 1. The van der Waals surface area contributed by atoms with Gasteiger partial charge in [0, 0.05) is 31.4 Å². The van der Waals surface area contributed by atoms with Crippen LogP contribution < -0.4 is 21.9 Å². The molecular formula is C24H29N5O5. The van der Waals surface area contributed by atoms with Crippen molar-refractivity contribution >= 4 is 29.4 Å². The highest BCUT2D eigenvalue weighted by molar-refractivity contribution is 6.23. The van der Waals surface area contributed by atoms with E-state index in [4.69, 9.17) is 10.5 Å². The van der Waals surface area contributed by atoms with Crippen LogP contribution in [0.5, 0.6) is 0 Å². The molecule has 180 valence electrons. The maximum Gasteiger partial charge on any atom is 0.410 e. The summed E-state index contributed by atoms with van der Waals surface area (Å²) in [4.78, 5) is 50.6. The van der Waals surface area contributed by atoms with Crippen LogP contribution in [0.25, 0.3) is 5.69 Å². The minimum Gasteiger partial charge on any atom is -0.444 e. The molecule has 1 saturated heterocycles. The van der Waals surface area contributed by atoms with Crippen LogP contribution in [0.3, 0.4) is 0 Å². The second-order valence-electron chi connectivity index (χ2n) is 9.64. The zero-order valence-electron chi connectivity index (χ0n) is 19.5. The number of amides is 3. The zero-order valence-corrected chi connectivity index (χ0v) is 19.5. The number of nitrogens with two attached hydrogens (primary N) is 1. The predicted octanol–water partition coefficient (Wildman–Crippen LogP) is 2.36. The van der Waals surface area contributed by atoms with Crippen molar-refractivity contribution < 1.29 is 19.1 Å². The van der Waals surface area contributed by atoms with Gasteiger partial charge in [-0.15, -0.1) is 0 Å². The van der Waals surface area contributed by atoms with Crippen LogP contribution in [0.15, 0.2) is 35.1 Å². The lowest BCUT2D eigenvalue weighted by Crippen LogP contribution is -2.44. The summed E-state index contributed by atoms with van der Waals surface area (Å²) >= 11 is 0. The monoisotopic (exact) mass is 467 g/mol. The fourth-order valence-electron chi connectivity index (χ4n) is 4.26. The van der Waals surface area contributed by atoms with Crippen LogP contribution in [0.4, 0.5) is 16.3 Å². The highest BCUT2D eigenvalue weighted by atomic mass is 16.6. The molecule has 1 atom stereocenters. The number of nitrogens with zero attached hydrogens (tertiary/aromatic N) is 2. The first-order chi connectivity index (χ1) is 16.0. The molecular weight excluding hydrogens is 438 g/mol. The highest BCUT2D eigenvalue weighted by Crippen LogP contribution is 2.24. The van der Waals surface area contributed by atoms with Crippen LogP contribution in [0.2, 0.25) is 0 Å². The summed E-state index contributed by atoms with van der Waals surface area (Å²) in [6.07, 6.45) is 1.64. The lowest BCUT2D eigenvalue weighted by atomic mass is 9.98. The lowest BCUT2D eigenvalue weighted by Gasteiger charge is -2.34. The van der Waals surface area contributed by atoms with Gasteiger partial charge in [0.25, 0.3) is 17.4 Å². The molecule has 2 aliphatic rings. The summed E-state index contributed by atoms with van der Waals surface area (Å²) in [5.74, 6) is -1.02. The third kappa shape index (κ3) is 4.75. The summed E-state index contributed by atoms with van der Waals surface area (Å²) in [5, 5.41) is 5.53. The number of benzene rings is 1. The van der Waals surface area contributed by atoms with E-state index in [0.717, 1.165) is 24.6 Å². The van der Waals surface area contributed by atoms with Crippen molar-refractivity contribution in [2.45, 2.75) is 39.2 Å². The number of anilines is 2. The van der Waals surface area contributed by atoms with Crippen LogP contribution in [-0.4, -0.2) is 52.6 Å². The average molecular weight is 468 g/mol. The minimum atomic E-state index is -0.622. The number of rotatable bonds is 4. The fourth-order valence-corrected chi connectivity index (χ4v) is 4.26. The van der Waals surface area contributed by atoms with Gasteiger partial charge in [0.2, 0.25) is 0 Å². The molecule has 10 heteroatoms. The normalized spacial score (nSPS) is 17.9. The molecule has 0 saturated carbocycles. The summed E-state index contributed by atoms with van der Waals surface area (Å²) in [6, 6.07) is 8.18. The molecule has 0 bridgehead atoms. The van der Waals surface area contributed by atoms with Crippen molar-refractivity contribution in [2.24, 2.45) is 5.92 Å². The maximum absolute atomic E-state index is 12.6. The van der Waals surface area contributed by atoms with E-state index in [1.165, 1.54) is 4.57 Å². The van der Waals surface area contributed by atoms with Crippen molar-refractivity contribution in [2.75, 3.05) is 30.7 Å². The molecule has 3 heterocycles. The number of ether oxygens (including phenoxy) is 1. The van der Waals surface area contributed by atoms with Gasteiger partial charge in [0.05, 0.1) is 16.8 Å². The highest BCUT2D eigenvalue weighted by Gasteiger charge is 2.32. The van der Waals surface area contributed by atoms with Crippen molar-refractivity contribution in [3.05, 3.63) is 51.8 Å². The number of carbonyl (C=O) groups excluding carboxylic acids is 3. The summed E-state index contributed by atoms with van der Waals surface area (Å²) in [5.41, 5.74) is 6.40. The second kappa shape index (κ2) is 8.85. The van der Waals surface area contributed by atoms with Gasteiger partial charge in [0.15, 0.2) is 0 Å². The number of nitrogens with one attached hydrogen (secondary N) is 2. The number of piperidine rings is 1. The molecule has 0 aliphatic carbocycles. The Hall–Kier alpha value is -3.82. The number of carbonyl (C=O) groups is 3. The molecule has 0 spiro atoms. The van der Waals surface area contributed by atoms with Crippen LogP contribution in [0.1, 0.15) is 54.3 Å². The molecule has 34 heavy (non-hydrogen) atoms. The number of hydrogen-bond acceptors (Lipinski definition) is 7. The van der Waals surface area contributed by atoms with Gasteiger partial charge in [-0.05, 0) is 63.8 Å². The summed E-state index contributed by atoms with van der Waals surface area (Å²) in [7, 11) is 0. The Morgan fingerprint density at radius 3 is 2.56 bits per heavy atom. The first kappa shape index (κ1) is 23.3. The molecule has 2 aliphatic heterocycles. The van der Waals surface area contributed by atoms with Gasteiger partial charge in [-0.25, -0.2) is 4.79 Å². The maximum atomic E-state index is 12.6. The summed E-state index contributed by atoms with van der Waals surface area (Å²) in [6.45, 7) is 7.58. The molecule has 1 aromatic heterocycles. The van der Waals surface area contributed by atoms with E-state index in [0.29, 0.717) is 25.3 Å². The zero-order chi connectivity index (χ0) is 24.6. The smallest absolute Gasteiger partial charge is 0.410 e. The van der Waals surface area contributed by atoms with Crippen LogP contribution in [-0.2, 0) is 4.74 Å². The molecule has 1 aromatic carbocycles. The Labute approximate surface area is 197 Å². The molecule has 3 amide bonds. The van der Waals surface area contributed by atoms with Gasteiger partial charge < -0.3 is 20.7 Å². The number of pyridine rings is 1. The van der Waals surface area contributed by atoms with Gasteiger partial charge in [-0.2, -0.15) is 0 Å². The quantitative estimate of drug-likeness (QED) is 0.587. The Balaban J connectivity index is 1.42. The van der Waals surface area contributed by atoms with E-state index in [-0.39, 0.29) is 29.0 Å². The predicted molar refractivity (Wildman–Crippen MR) is 127 cm³/mol. The molecule has 1 unspecified atom stereocenters. The Bertz CT molecular complexity index is 1200. The SMILES string of the molecule is CC(C)(C)OC(=O)N1CCCC(CNc2ccc(-n3c(N)c4c(cc3=O)C(=O)NC4=O)cc2)C1. The van der Waals surface area contributed by atoms with Crippen molar-refractivity contribution in [3.63, 3.8) is 0 Å². The van der Waals surface area contributed by atoms with E-state index in [1.807, 2.05) is 32.9 Å². The number of aromatic nitrogens is 1. The van der Waals surface area contributed by atoms with Crippen LogP contribution in [0, 0.1) is 5.92 Å². The number of fused-ring (bicyclic) bond motifs is 1. The molecule has 1 fully saturated rings. The number of nitrogen functional groups attached to an aromatic ring is 1. The van der Waals surface area contributed by atoms with E-state index in [9.17, 15) is 19.2 Å². The first-order valence-electron chi connectivity index (χ1n) is 11.3. The lowest BCUT2D eigenvalue weighted by molar-refractivity contribution is 0.0172. The average Bonchev–Trinajstić information content (AvgIpc) is 3.05. The van der Waals surface area contributed by atoms with Gasteiger partial charge in [-0.1, -0.05) is 0 Å². The van der Waals surface area contributed by atoms with Crippen molar-refractivity contribution in [3.8, 4) is 5.69 Å². The van der Waals surface area contributed by atoms with Gasteiger partial charge in [-0.3, -0.25) is 24.3 Å². The van der Waals surface area contributed by atoms with E-state index < -0.39 is 23.0 Å². The number of likely N-dealkylation sites (tertiary alicyclic amines) is 1. The topological polar surface area (TPSA) is 136 Å². The van der Waals surface area contributed by atoms with Crippen LogP contribution >= 0.6 is 0 Å². The molecule has 2 aromatic rings. The van der Waals surface area contributed by atoms with Crippen molar-refractivity contribution in [1.82, 2.24) is 14.8 Å². The van der Waals surface area contributed by atoms with E-state index in [2.05, 4.69) is 10.6 Å². The number of hydrogen-bond donors (Lipinski definition) is 3. The third-order valence-electron chi connectivity index (χ3n) is 5.84. The van der Waals surface area contributed by atoms with E-state index >= 15 is 0 Å². The Morgan fingerprint density at radius 2 is 1.88 bits per heavy atom. The standard InChI is InChI=1S/C24H29N5O5/c1-24(2,3)34-23(33)28-10-4-5-14(13-28)12-26-15-6-8-16(9-7-15)29-18(30)11-17-19(20(29)25)22(32)27-21(17)31/h6-9,11,14,26H,4-5,10,12-13,25H2,1-3H3,(H,27,31,32).